The van der Waals surface area contributed by atoms with Crippen molar-refractivity contribution in [2.45, 2.75) is 6.18 Å². The summed E-state index contributed by atoms with van der Waals surface area (Å²) in [4.78, 5) is 10.8. The van der Waals surface area contributed by atoms with Crippen LogP contribution < -0.4 is 0 Å². The zero-order valence-electron chi connectivity index (χ0n) is 7.64. The van der Waals surface area contributed by atoms with Crippen LogP contribution >= 0.6 is 27.3 Å². The lowest BCUT2D eigenvalue weighted by Gasteiger charge is -2.02. The van der Waals surface area contributed by atoms with E-state index >= 15 is 0 Å². The van der Waals surface area contributed by atoms with Gasteiger partial charge >= 0.3 is 6.18 Å². The highest BCUT2D eigenvalue weighted by Gasteiger charge is 2.41. The van der Waals surface area contributed by atoms with E-state index in [1.54, 1.807) is 24.3 Å². The first-order chi connectivity index (χ1) is 7.41. The Hall–Kier alpha value is -0.880. The lowest BCUT2D eigenvalue weighted by Crippen LogP contribution is -2.21. The largest absolute Gasteiger partial charge is 0.455 e. The van der Waals surface area contributed by atoms with Gasteiger partial charge in [0.15, 0.2) is 0 Å². The van der Waals surface area contributed by atoms with E-state index in [1.165, 1.54) is 0 Å². The van der Waals surface area contributed by atoms with Crippen molar-refractivity contribution in [2.75, 3.05) is 0 Å². The molecule has 0 saturated heterocycles. The Labute approximate surface area is 101 Å². The maximum atomic E-state index is 12.3. The average molecular weight is 309 g/mol. The third-order valence-corrected chi connectivity index (χ3v) is 4.25. The number of hydrogen-bond donors (Lipinski definition) is 0. The molecule has 1 aromatic carbocycles. The van der Waals surface area contributed by atoms with E-state index in [0.29, 0.717) is 10.1 Å². The molecular weight excluding hydrogens is 305 g/mol. The molecule has 0 spiro atoms. The molecule has 0 radical (unpaired) electrons. The Morgan fingerprint density at radius 1 is 1.25 bits per heavy atom. The SMILES string of the molecule is O=C(c1sc2ccccc2c1Br)C(F)(F)F. The first-order valence-corrected chi connectivity index (χ1v) is 5.81. The van der Waals surface area contributed by atoms with Crippen molar-refractivity contribution >= 4 is 43.1 Å². The Balaban J connectivity index is 2.63. The fourth-order valence-corrected chi connectivity index (χ4v) is 3.24. The fraction of sp³-hybridized carbons (Fsp3) is 0.100. The van der Waals surface area contributed by atoms with E-state index in [9.17, 15) is 18.0 Å². The average Bonchev–Trinajstić information content (AvgIpc) is 2.54. The Bertz CT molecular complexity index is 559. The summed E-state index contributed by atoms with van der Waals surface area (Å²) in [5.41, 5.74) is 0. The number of benzene rings is 1. The molecule has 16 heavy (non-hydrogen) atoms. The number of rotatable bonds is 1. The van der Waals surface area contributed by atoms with Crippen LogP contribution in [0.15, 0.2) is 28.7 Å². The molecule has 2 aromatic rings. The third kappa shape index (κ3) is 1.87. The molecule has 0 aliphatic rings. The monoisotopic (exact) mass is 308 g/mol. The predicted octanol–water partition coefficient (Wildman–Crippen LogP) is 4.41. The summed E-state index contributed by atoms with van der Waals surface area (Å²) >= 11 is 3.88. The van der Waals surface area contributed by atoms with E-state index < -0.39 is 12.0 Å². The van der Waals surface area contributed by atoms with Gasteiger partial charge in [-0.25, -0.2) is 0 Å². The van der Waals surface area contributed by atoms with Crippen molar-refractivity contribution in [3.05, 3.63) is 33.6 Å². The van der Waals surface area contributed by atoms with E-state index in [-0.39, 0.29) is 9.35 Å². The number of halogens is 4. The maximum Gasteiger partial charge on any atom is 0.455 e. The summed E-state index contributed by atoms with van der Waals surface area (Å²) in [6, 6.07) is 6.77. The molecule has 0 amide bonds. The van der Waals surface area contributed by atoms with Crippen molar-refractivity contribution in [1.82, 2.24) is 0 Å². The highest BCUT2D eigenvalue weighted by Crippen LogP contribution is 2.38. The van der Waals surface area contributed by atoms with Crippen LogP contribution in [0.5, 0.6) is 0 Å². The fourth-order valence-electron chi connectivity index (χ4n) is 1.29. The topological polar surface area (TPSA) is 17.1 Å². The number of Topliss-reactive ketones (excluding diaryl/α,β-unsaturated/α-hetero) is 1. The van der Waals surface area contributed by atoms with Gasteiger partial charge in [0.25, 0.3) is 5.78 Å². The molecule has 0 fully saturated rings. The molecule has 84 valence electrons. The van der Waals surface area contributed by atoms with Crippen LogP contribution in [-0.2, 0) is 0 Å². The Morgan fingerprint density at radius 3 is 2.44 bits per heavy atom. The third-order valence-electron chi connectivity index (χ3n) is 2.00. The van der Waals surface area contributed by atoms with Crippen LogP contribution in [0.2, 0.25) is 0 Å². The zero-order valence-corrected chi connectivity index (χ0v) is 10.0. The number of carbonyl (C=O) groups is 1. The van der Waals surface area contributed by atoms with Gasteiger partial charge in [0.1, 0.15) is 0 Å². The van der Waals surface area contributed by atoms with E-state index in [1.807, 2.05) is 0 Å². The summed E-state index contributed by atoms with van der Waals surface area (Å²) in [7, 11) is 0. The molecule has 0 unspecified atom stereocenters. The molecular formula is C10H4BrF3OS. The quantitative estimate of drug-likeness (QED) is 0.713. The van der Waals surface area contributed by atoms with Crippen LogP contribution in [0.3, 0.4) is 0 Å². The normalized spacial score (nSPS) is 12.0. The molecule has 0 atom stereocenters. The van der Waals surface area contributed by atoms with Crippen molar-refractivity contribution in [3.8, 4) is 0 Å². The number of carbonyl (C=O) groups excluding carboxylic acids is 1. The van der Waals surface area contributed by atoms with Gasteiger partial charge in [-0.05, 0) is 22.0 Å². The Morgan fingerprint density at radius 2 is 1.88 bits per heavy atom. The second-order valence-electron chi connectivity index (χ2n) is 3.07. The first kappa shape index (κ1) is 11.6. The van der Waals surface area contributed by atoms with Crippen LogP contribution in [-0.4, -0.2) is 12.0 Å². The molecule has 2 rings (SSSR count). The van der Waals surface area contributed by atoms with Crippen molar-refractivity contribution in [3.63, 3.8) is 0 Å². The van der Waals surface area contributed by atoms with Gasteiger partial charge in [0.2, 0.25) is 0 Å². The minimum Gasteiger partial charge on any atom is -0.283 e. The highest BCUT2D eigenvalue weighted by molar-refractivity contribution is 9.10. The van der Waals surface area contributed by atoms with Crippen LogP contribution in [0.4, 0.5) is 13.2 Å². The van der Waals surface area contributed by atoms with Gasteiger partial charge in [0, 0.05) is 14.6 Å². The van der Waals surface area contributed by atoms with Gasteiger partial charge < -0.3 is 0 Å². The number of hydrogen-bond acceptors (Lipinski definition) is 2. The number of ketones is 1. The smallest absolute Gasteiger partial charge is 0.283 e. The van der Waals surface area contributed by atoms with Gasteiger partial charge in [-0.3, -0.25) is 4.79 Å². The summed E-state index contributed by atoms with van der Waals surface area (Å²) < 4.78 is 37.7. The minimum absolute atomic E-state index is 0.218. The maximum absolute atomic E-state index is 12.3. The molecule has 6 heteroatoms. The lowest BCUT2D eigenvalue weighted by atomic mass is 10.2. The number of fused-ring (bicyclic) bond motifs is 1. The summed E-state index contributed by atoms with van der Waals surface area (Å²) in [6.07, 6.45) is -4.83. The van der Waals surface area contributed by atoms with Crippen LogP contribution in [0.25, 0.3) is 10.1 Å². The van der Waals surface area contributed by atoms with Crippen molar-refractivity contribution in [2.24, 2.45) is 0 Å². The molecule has 0 bridgehead atoms. The second kappa shape index (κ2) is 3.85. The van der Waals surface area contributed by atoms with E-state index in [0.717, 1.165) is 11.3 Å². The first-order valence-electron chi connectivity index (χ1n) is 4.20. The van der Waals surface area contributed by atoms with E-state index in [4.69, 9.17) is 0 Å². The number of thiophene rings is 1. The van der Waals surface area contributed by atoms with Crippen LogP contribution in [0.1, 0.15) is 9.67 Å². The summed E-state index contributed by atoms with van der Waals surface area (Å²) in [5, 5.41) is 0.625. The number of alkyl halides is 3. The molecule has 0 N–H and O–H groups in total. The van der Waals surface area contributed by atoms with Gasteiger partial charge in [0.05, 0.1) is 4.88 Å². The zero-order chi connectivity index (χ0) is 11.9. The van der Waals surface area contributed by atoms with E-state index in [2.05, 4.69) is 15.9 Å². The Kier molecular flexibility index (Phi) is 2.79. The predicted molar refractivity (Wildman–Crippen MR) is 59.9 cm³/mol. The molecule has 1 heterocycles. The standard InChI is InChI=1S/C10H4BrF3OS/c11-7-5-3-1-2-4-6(5)16-8(7)9(15)10(12,13)14/h1-4H. The second-order valence-corrected chi connectivity index (χ2v) is 4.91. The van der Waals surface area contributed by atoms with Crippen LogP contribution in [0, 0.1) is 0 Å². The van der Waals surface area contributed by atoms with Gasteiger partial charge in [-0.15, -0.1) is 11.3 Å². The molecule has 1 nitrogen and oxygen atoms in total. The molecule has 0 aliphatic carbocycles. The minimum atomic E-state index is -4.83. The van der Waals surface area contributed by atoms with Crippen molar-refractivity contribution < 1.29 is 18.0 Å². The molecule has 0 aliphatic heterocycles. The molecule has 1 aromatic heterocycles. The lowest BCUT2D eigenvalue weighted by molar-refractivity contribution is -0.0882. The van der Waals surface area contributed by atoms with Crippen molar-refractivity contribution in [1.29, 1.82) is 0 Å². The molecule has 0 saturated carbocycles. The van der Waals surface area contributed by atoms with Gasteiger partial charge in [-0.2, -0.15) is 13.2 Å². The van der Waals surface area contributed by atoms with Gasteiger partial charge in [-0.1, -0.05) is 18.2 Å². The summed E-state index contributed by atoms with van der Waals surface area (Å²) in [6.45, 7) is 0. The summed E-state index contributed by atoms with van der Waals surface area (Å²) in [5.74, 6) is -1.81. The highest BCUT2D eigenvalue weighted by atomic mass is 79.9.